The highest BCUT2D eigenvalue weighted by Gasteiger charge is 2.22. The van der Waals surface area contributed by atoms with Crippen LogP contribution in [0.15, 0.2) is 13.2 Å². The predicted octanol–water partition coefficient (Wildman–Crippen LogP) is 1.25. The normalized spacial score (nSPS) is 10.0. The third-order valence-corrected chi connectivity index (χ3v) is 2.79. The molecule has 0 aliphatic carbocycles. The van der Waals surface area contributed by atoms with Gasteiger partial charge in [0.05, 0.1) is 26.2 Å². The van der Waals surface area contributed by atoms with Crippen LogP contribution in [0.4, 0.5) is 0 Å². The van der Waals surface area contributed by atoms with E-state index in [0.717, 1.165) is 0 Å². The molecule has 1 nitrogen and oxygen atoms in total. The molecule has 0 fully saturated rings. The number of quaternary nitrogens is 1. The summed E-state index contributed by atoms with van der Waals surface area (Å²) in [4.78, 5) is 0. The van der Waals surface area contributed by atoms with Gasteiger partial charge in [-0.2, -0.15) is 0 Å². The second-order valence-corrected chi connectivity index (χ2v) is 4.24. The van der Waals surface area contributed by atoms with E-state index in [4.69, 9.17) is 0 Å². The quantitative estimate of drug-likeness (QED) is 0.449. The maximum absolute atomic E-state index is 3.00. The molecule has 0 aromatic rings. The Labute approximate surface area is 110 Å². The van der Waals surface area contributed by atoms with E-state index in [1.54, 1.807) is 0 Å². The summed E-state index contributed by atoms with van der Waals surface area (Å²) in [6.45, 7) is 20.8. The van der Waals surface area contributed by atoms with Crippen LogP contribution in [-0.4, -0.2) is 30.7 Å². The van der Waals surface area contributed by atoms with Gasteiger partial charge in [0.1, 0.15) is 0 Å². The van der Waals surface area contributed by atoms with Crippen molar-refractivity contribution in [2.24, 2.45) is 0 Å². The minimum Gasteiger partial charge on any atom is -1.00 e. The lowest BCUT2D eigenvalue weighted by molar-refractivity contribution is -0.928. The topological polar surface area (TPSA) is 0 Å². The maximum atomic E-state index is 3.00. The molecule has 0 spiro atoms. The van der Waals surface area contributed by atoms with Gasteiger partial charge in [-0.3, -0.25) is 0 Å². The highest BCUT2D eigenvalue weighted by molar-refractivity contribution is 4.43. The maximum Gasteiger partial charge on any atom is 0.0783 e. The van der Waals surface area contributed by atoms with Crippen molar-refractivity contribution in [2.75, 3.05) is 26.2 Å². The summed E-state index contributed by atoms with van der Waals surface area (Å²) in [5.41, 5.74) is 0. The van der Waals surface area contributed by atoms with E-state index in [1.165, 1.54) is 56.3 Å². The van der Waals surface area contributed by atoms with Crippen molar-refractivity contribution >= 4 is 0 Å². The largest absolute Gasteiger partial charge is 1.00 e. The Morgan fingerprint density at radius 2 is 0.812 bits per heavy atom. The van der Waals surface area contributed by atoms with E-state index < -0.39 is 0 Å². The highest BCUT2D eigenvalue weighted by Crippen LogP contribution is 2.12. The molecule has 0 bridgehead atoms. The van der Waals surface area contributed by atoms with Gasteiger partial charge >= 0.3 is 0 Å². The molecule has 0 saturated heterocycles. The van der Waals surface area contributed by atoms with Gasteiger partial charge in [0.15, 0.2) is 0 Å². The Morgan fingerprint density at radius 1 is 0.625 bits per heavy atom. The molecular formula is C14H32ClN. The van der Waals surface area contributed by atoms with E-state index in [1.807, 2.05) is 0 Å². The summed E-state index contributed by atoms with van der Waals surface area (Å²) >= 11 is 0. The average Bonchev–Trinajstić information content (AvgIpc) is 2.22. The second-order valence-electron chi connectivity index (χ2n) is 4.24. The molecule has 0 aromatic heterocycles. The Kier molecular flexibility index (Phi) is 19.9. The van der Waals surface area contributed by atoms with Gasteiger partial charge in [0.25, 0.3) is 0 Å². The molecule has 0 rings (SSSR count). The van der Waals surface area contributed by atoms with Crippen LogP contribution >= 0.6 is 0 Å². The van der Waals surface area contributed by atoms with Crippen molar-refractivity contribution in [2.45, 2.75) is 53.4 Å². The number of halogens is 1. The zero-order valence-corrected chi connectivity index (χ0v) is 12.7. The monoisotopic (exact) mass is 249 g/mol. The molecule has 0 aromatic carbocycles. The molecule has 0 saturated carbocycles. The number of hydrogen-bond acceptors (Lipinski definition) is 0. The Hall–Kier alpha value is -0.0100. The van der Waals surface area contributed by atoms with Crippen LogP contribution in [0, 0.1) is 0 Å². The molecular weight excluding hydrogens is 218 g/mol. The van der Waals surface area contributed by atoms with E-state index in [2.05, 4.69) is 40.9 Å². The Balaban J connectivity index is -0.000000529. The summed E-state index contributed by atoms with van der Waals surface area (Å²) in [6, 6.07) is 0. The molecule has 0 radical (unpaired) electrons. The van der Waals surface area contributed by atoms with Gasteiger partial charge in [-0.25, -0.2) is 0 Å². The molecule has 2 heteroatoms. The van der Waals surface area contributed by atoms with E-state index in [0.29, 0.717) is 0 Å². The number of nitrogens with zero attached hydrogens (tertiary/aromatic N) is 1. The third kappa shape index (κ3) is 9.23. The average molecular weight is 250 g/mol. The molecule has 16 heavy (non-hydrogen) atoms. The summed E-state index contributed by atoms with van der Waals surface area (Å²) in [5, 5.41) is 0. The van der Waals surface area contributed by atoms with Crippen molar-refractivity contribution in [3.63, 3.8) is 0 Å². The molecule has 0 amide bonds. The lowest BCUT2D eigenvalue weighted by atomic mass is 10.2. The highest BCUT2D eigenvalue weighted by atomic mass is 35.5. The third-order valence-electron chi connectivity index (χ3n) is 2.79. The van der Waals surface area contributed by atoms with Crippen molar-refractivity contribution in [1.82, 2.24) is 0 Å². The molecule has 0 aliphatic heterocycles. The lowest BCUT2D eigenvalue weighted by Crippen LogP contribution is -3.00. The van der Waals surface area contributed by atoms with Crippen LogP contribution in [0.5, 0.6) is 0 Å². The predicted molar refractivity (Wildman–Crippen MR) is 72.1 cm³/mol. The molecule has 0 heterocycles. The first kappa shape index (κ1) is 21.3. The van der Waals surface area contributed by atoms with Gasteiger partial charge < -0.3 is 16.9 Å². The first-order valence-electron chi connectivity index (χ1n) is 6.59. The fourth-order valence-corrected chi connectivity index (χ4v) is 2.57. The van der Waals surface area contributed by atoms with Crippen molar-refractivity contribution in [1.29, 1.82) is 0 Å². The fourth-order valence-electron chi connectivity index (χ4n) is 2.57. The first-order chi connectivity index (χ1) is 7.24. The first-order valence-corrected chi connectivity index (χ1v) is 6.59. The molecule has 0 atom stereocenters. The standard InChI is InChI=1S/C12H28N.C2H4.ClH/c1-5-9-13(10-6-2,11-7-3)12-8-4;1-2;/h5-12H2,1-4H3;1-2H2;1H/q+1;;/p-1. The minimum atomic E-state index is 0. The van der Waals surface area contributed by atoms with Crippen molar-refractivity contribution < 1.29 is 16.9 Å². The fraction of sp³-hybridized carbons (Fsp3) is 0.857. The van der Waals surface area contributed by atoms with Gasteiger partial charge in [-0.1, -0.05) is 27.7 Å². The van der Waals surface area contributed by atoms with Gasteiger partial charge in [-0.05, 0) is 25.7 Å². The molecule has 0 unspecified atom stereocenters. The van der Waals surface area contributed by atoms with Gasteiger partial charge in [0, 0.05) is 0 Å². The lowest BCUT2D eigenvalue weighted by Gasteiger charge is -2.38. The summed E-state index contributed by atoms with van der Waals surface area (Å²) in [5.74, 6) is 0. The van der Waals surface area contributed by atoms with Crippen LogP contribution in [0.3, 0.4) is 0 Å². The molecule has 0 N–H and O–H groups in total. The number of rotatable bonds is 8. The van der Waals surface area contributed by atoms with E-state index in [9.17, 15) is 0 Å². The summed E-state index contributed by atoms with van der Waals surface area (Å²) in [6.07, 6.45) is 5.33. The zero-order valence-electron chi connectivity index (χ0n) is 11.9. The van der Waals surface area contributed by atoms with Gasteiger partial charge in [0.2, 0.25) is 0 Å². The Bertz CT molecular complexity index is 96.4. The van der Waals surface area contributed by atoms with Gasteiger partial charge in [-0.15, -0.1) is 13.2 Å². The minimum absolute atomic E-state index is 0. The summed E-state index contributed by atoms with van der Waals surface area (Å²) < 4.78 is 1.38. The molecule has 0 aliphatic rings. The number of hydrogen-bond donors (Lipinski definition) is 0. The molecule has 100 valence electrons. The zero-order chi connectivity index (χ0) is 12.2. The van der Waals surface area contributed by atoms with Crippen LogP contribution < -0.4 is 12.4 Å². The SMILES string of the molecule is C=C.CCC[N+](CCC)(CCC)CCC.[Cl-]. The van der Waals surface area contributed by atoms with Crippen LogP contribution in [0.2, 0.25) is 0 Å². The van der Waals surface area contributed by atoms with E-state index in [-0.39, 0.29) is 12.4 Å². The summed E-state index contributed by atoms with van der Waals surface area (Å²) in [7, 11) is 0. The Morgan fingerprint density at radius 3 is 0.938 bits per heavy atom. The van der Waals surface area contributed by atoms with E-state index >= 15 is 0 Å². The van der Waals surface area contributed by atoms with Crippen LogP contribution in [-0.2, 0) is 0 Å². The van der Waals surface area contributed by atoms with Crippen LogP contribution in [0.25, 0.3) is 0 Å². The van der Waals surface area contributed by atoms with Crippen molar-refractivity contribution in [3.8, 4) is 0 Å². The van der Waals surface area contributed by atoms with Crippen LogP contribution in [0.1, 0.15) is 53.4 Å². The smallest absolute Gasteiger partial charge is 0.0783 e. The van der Waals surface area contributed by atoms with Crippen molar-refractivity contribution in [3.05, 3.63) is 13.2 Å². The second kappa shape index (κ2) is 15.0.